The van der Waals surface area contributed by atoms with Crippen LogP contribution in [0.3, 0.4) is 0 Å². The van der Waals surface area contributed by atoms with Crippen LogP contribution in [0, 0.1) is 17.2 Å². The minimum atomic E-state index is -0.942. The van der Waals surface area contributed by atoms with Crippen molar-refractivity contribution in [1.82, 2.24) is 5.32 Å². The number of rotatable bonds is 4. The number of methoxy groups -OCH3 is 1. The number of oxime groups is 1. The number of carbonyl (C=O) groups excluding carboxylic acids is 1. The fourth-order valence-electron chi connectivity index (χ4n) is 1.18. The van der Waals surface area contributed by atoms with E-state index in [1.54, 1.807) is 19.9 Å². The molecule has 6 nitrogen and oxygen atoms in total. The summed E-state index contributed by atoms with van der Waals surface area (Å²) >= 11 is 0. The minimum absolute atomic E-state index is 0.277. The first-order valence-electron chi connectivity index (χ1n) is 4.33. The van der Waals surface area contributed by atoms with Crippen LogP contribution in [0.5, 0.6) is 0 Å². The van der Waals surface area contributed by atoms with Gasteiger partial charge in [-0.25, -0.2) is 0 Å². The topological polar surface area (TPSA) is 94.7 Å². The van der Waals surface area contributed by atoms with Crippen LogP contribution in [-0.4, -0.2) is 36.6 Å². The van der Waals surface area contributed by atoms with Gasteiger partial charge in [-0.15, -0.1) is 0 Å². The molecule has 0 aromatic carbocycles. The van der Waals surface area contributed by atoms with E-state index < -0.39 is 17.4 Å². The standard InChI is InChI=1S/C9H15N3O3/c1-9(2,15-4)7(8(13)11-3)6(5-10)12-14/h7,14H,1-4H3,(H,11,13)/b12-6+. The number of nitrogens with one attached hydrogen (secondary N) is 1. The molecule has 6 heteroatoms. The van der Waals surface area contributed by atoms with Crippen LogP contribution in [0.15, 0.2) is 5.16 Å². The summed E-state index contributed by atoms with van der Waals surface area (Å²) in [5, 5.41) is 22.6. The normalized spacial score (nSPS) is 14.2. The molecule has 0 aliphatic carbocycles. The lowest BCUT2D eigenvalue weighted by atomic mass is 9.86. The zero-order chi connectivity index (χ0) is 12.1. The van der Waals surface area contributed by atoms with Crippen LogP contribution >= 0.6 is 0 Å². The lowest BCUT2D eigenvalue weighted by Crippen LogP contribution is -2.47. The number of carbonyl (C=O) groups is 1. The van der Waals surface area contributed by atoms with Crippen LogP contribution in [0.4, 0.5) is 0 Å². The van der Waals surface area contributed by atoms with Crippen LogP contribution in [0.1, 0.15) is 13.8 Å². The predicted molar refractivity (Wildman–Crippen MR) is 53.5 cm³/mol. The summed E-state index contributed by atoms with van der Waals surface area (Å²) in [5.41, 5.74) is -1.20. The van der Waals surface area contributed by atoms with Gasteiger partial charge in [-0.3, -0.25) is 4.79 Å². The Hall–Kier alpha value is -1.61. The maximum Gasteiger partial charge on any atom is 0.232 e. The molecule has 2 N–H and O–H groups in total. The number of hydrogen-bond donors (Lipinski definition) is 2. The smallest absolute Gasteiger partial charge is 0.232 e. The van der Waals surface area contributed by atoms with Crippen LogP contribution in [0.2, 0.25) is 0 Å². The molecule has 0 rings (SSSR count). The van der Waals surface area contributed by atoms with E-state index in [2.05, 4.69) is 10.5 Å². The second-order valence-corrected chi connectivity index (χ2v) is 3.45. The van der Waals surface area contributed by atoms with Gasteiger partial charge in [-0.05, 0) is 13.8 Å². The molecule has 0 saturated carbocycles. The lowest BCUT2D eigenvalue weighted by Gasteiger charge is -2.29. The van der Waals surface area contributed by atoms with E-state index in [1.807, 2.05) is 0 Å². The molecule has 15 heavy (non-hydrogen) atoms. The van der Waals surface area contributed by atoms with Gasteiger partial charge in [0, 0.05) is 14.2 Å². The van der Waals surface area contributed by atoms with Gasteiger partial charge in [0.1, 0.15) is 12.0 Å². The Labute approximate surface area is 88.5 Å². The molecular weight excluding hydrogens is 198 g/mol. The quantitative estimate of drug-likeness (QED) is 0.394. The zero-order valence-electron chi connectivity index (χ0n) is 9.24. The van der Waals surface area contributed by atoms with E-state index in [-0.39, 0.29) is 5.71 Å². The first kappa shape index (κ1) is 13.4. The number of amides is 1. The fraction of sp³-hybridized carbons (Fsp3) is 0.667. The third-order valence-electron chi connectivity index (χ3n) is 2.23. The van der Waals surface area contributed by atoms with Crippen molar-refractivity contribution in [3.05, 3.63) is 0 Å². The van der Waals surface area contributed by atoms with Crippen molar-refractivity contribution in [2.75, 3.05) is 14.2 Å². The number of nitrogens with zero attached hydrogens (tertiary/aromatic N) is 2. The Balaban J connectivity index is 5.26. The van der Waals surface area contributed by atoms with Crippen molar-refractivity contribution >= 4 is 11.6 Å². The monoisotopic (exact) mass is 213 g/mol. The molecule has 0 aromatic heterocycles. The van der Waals surface area contributed by atoms with Gasteiger partial charge < -0.3 is 15.3 Å². The van der Waals surface area contributed by atoms with Gasteiger partial charge in [0.05, 0.1) is 5.60 Å². The largest absolute Gasteiger partial charge is 0.410 e. The summed E-state index contributed by atoms with van der Waals surface area (Å²) in [6.45, 7) is 3.27. The highest BCUT2D eigenvalue weighted by atomic mass is 16.5. The van der Waals surface area contributed by atoms with Crippen LogP contribution < -0.4 is 5.32 Å². The number of nitriles is 1. The van der Waals surface area contributed by atoms with Crippen molar-refractivity contribution in [1.29, 1.82) is 5.26 Å². The molecule has 0 bridgehead atoms. The third-order valence-corrected chi connectivity index (χ3v) is 2.23. The molecule has 1 amide bonds. The molecule has 0 heterocycles. The maximum atomic E-state index is 11.5. The number of ether oxygens (including phenoxy) is 1. The Kier molecular flexibility index (Phi) is 4.74. The molecule has 1 unspecified atom stereocenters. The van der Waals surface area contributed by atoms with E-state index in [0.717, 1.165) is 0 Å². The predicted octanol–water partition coefficient (Wildman–Crippen LogP) is 0.127. The van der Waals surface area contributed by atoms with Gasteiger partial charge in [0.15, 0.2) is 5.71 Å². The molecular formula is C9H15N3O3. The van der Waals surface area contributed by atoms with Gasteiger partial charge in [-0.2, -0.15) is 5.26 Å². The van der Waals surface area contributed by atoms with Gasteiger partial charge in [0.2, 0.25) is 5.91 Å². The van der Waals surface area contributed by atoms with Crippen molar-refractivity contribution in [3.8, 4) is 6.07 Å². The first-order valence-corrected chi connectivity index (χ1v) is 4.33. The molecule has 0 fully saturated rings. The summed E-state index contributed by atoms with van der Waals surface area (Å²) in [5.74, 6) is -1.38. The lowest BCUT2D eigenvalue weighted by molar-refractivity contribution is -0.129. The molecule has 0 aliphatic heterocycles. The van der Waals surface area contributed by atoms with E-state index in [9.17, 15) is 4.79 Å². The molecule has 0 radical (unpaired) electrons. The Morgan fingerprint density at radius 2 is 2.20 bits per heavy atom. The minimum Gasteiger partial charge on any atom is -0.410 e. The molecule has 0 spiro atoms. The highest BCUT2D eigenvalue weighted by molar-refractivity contribution is 6.12. The SMILES string of the molecule is CNC(=O)C(/C(C#N)=N/O)C(C)(C)OC. The summed E-state index contributed by atoms with van der Waals surface area (Å²) in [6.07, 6.45) is 0. The summed E-state index contributed by atoms with van der Waals surface area (Å²) in [7, 11) is 2.86. The summed E-state index contributed by atoms with van der Waals surface area (Å²) in [4.78, 5) is 11.5. The molecule has 0 aromatic rings. The summed E-state index contributed by atoms with van der Waals surface area (Å²) < 4.78 is 5.10. The highest BCUT2D eigenvalue weighted by Crippen LogP contribution is 2.22. The molecule has 1 atom stereocenters. The van der Waals surface area contributed by atoms with Crippen molar-refractivity contribution in [2.45, 2.75) is 19.4 Å². The molecule has 84 valence electrons. The first-order chi connectivity index (χ1) is 6.94. The summed E-state index contributed by atoms with van der Waals surface area (Å²) in [6, 6.07) is 1.67. The van der Waals surface area contributed by atoms with E-state index >= 15 is 0 Å². The maximum absolute atomic E-state index is 11.5. The van der Waals surface area contributed by atoms with Crippen LogP contribution in [-0.2, 0) is 9.53 Å². The average Bonchev–Trinajstić information content (AvgIpc) is 2.24. The van der Waals surface area contributed by atoms with E-state index in [0.29, 0.717) is 0 Å². The second kappa shape index (κ2) is 5.32. The van der Waals surface area contributed by atoms with Crippen molar-refractivity contribution in [3.63, 3.8) is 0 Å². The van der Waals surface area contributed by atoms with Gasteiger partial charge >= 0.3 is 0 Å². The van der Waals surface area contributed by atoms with Gasteiger partial charge in [-0.1, -0.05) is 5.16 Å². The van der Waals surface area contributed by atoms with Crippen molar-refractivity contribution in [2.24, 2.45) is 11.1 Å². The Bertz CT molecular complexity index is 304. The number of hydrogen-bond acceptors (Lipinski definition) is 5. The van der Waals surface area contributed by atoms with Crippen LogP contribution in [0.25, 0.3) is 0 Å². The highest BCUT2D eigenvalue weighted by Gasteiger charge is 2.39. The zero-order valence-corrected chi connectivity index (χ0v) is 9.24. The molecule has 0 saturated heterocycles. The molecule has 0 aliphatic rings. The third kappa shape index (κ3) is 2.92. The second-order valence-electron chi connectivity index (χ2n) is 3.45. The Morgan fingerprint density at radius 3 is 2.47 bits per heavy atom. The van der Waals surface area contributed by atoms with E-state index in [1.165, 1.54) is 14.2 Å². The Morgan fingerprint density at radius 1 is 1.67 bits per heavy atom. The van der Waals surface area contributed by atoms with E-state index in [4.69, 9.17) is 15.2 Å². The fourth-order valence-corrected chi connectivity index (χ4v) is 1.18. The van der Waals surface area contributed by atoms with Gasteiger partial charge in [0.25, 0.3) is 0 Å². The van der Waals surface area contributed by atoms with Crippen molar-refractivity contribution < 1.29 is 14.7 Å². The average molecular weight is 213 g/mol.